The molecule has 1 heterocycles. The second-order valence-electron chi connectivity index (χ2n) is 7.40. The molecule has 0 saturated carbocycles. The number of esters is 1. The summed E-state index contributed by atoms with van der Waals surface area (Å²) in [6, 6.07) is 14.1. The van der Waals surface area contributed by atoms with E-state index in [1.54, 1.807) is 69.0 Å². The molecular weight excluding hydrogens is 408 g/mol. The monoisotopic (exact) mass is 434 g/mol. The first-order valence-electron chi connectivity index (χ1n) is 10.2. The SMILES string of the molecule is CCOC(=O)c1cnn(-c2ccc(C(=O)NCc3ccc(C(=O)N(C)C)cc3)cc2)c1C. The van der Waals surface area contributed by atoms with Gasteiger partial charge in [-0.15, -0.1) is 0 Å². The van der Waals surface area contributed by atoms with Crippen LogP contribution < -0.4 is 5.32 Å². The van der Waals surface area contributed by atoms with Gasteiger partial charge in [0.1, 0.15) is 5.56 Å². The molecule has 32 heavy (non-hydrogen) atoms. The number of aromatic nitrogens is 2. The molecule has 3 aromatic rings. The standard InChI is InChI=1S/C24H26N4O4/c1-5-32-24(31)21-15-26-28(16(21)2)20-12-10-18(11-13-20)22(29)25-14-17-6-8-19(9-7-17)23(30)27(3)4/h6-13,15H,5,14H2,1-4H3,(H,25,29). The molecule has 0 bridgehead atoms. The van der Waals surface area contributed by atoms with E-state index in [0.717, 1.165) is 11.3 Å². The van der Waals surface area contributed by atoms with E-state index in [-0.39, 0.29) is 11.8 Å². The van der Waals surface area contributed by atoms with Gasteiger partial charge < -0.3 is 15.0 Å². The van der Waals surface area contributed by atoms with Crippen LogP contribution in [0, 0.1) is 6.92 Å². The third-order valence-electron chi connectivity index (χ3n) is 4.94. The second-order valence-corrected chi connectivity index (χ2v) is 7.40. The molecule has 0 fully saturated rings. The zero-order chi connectivity index (χ0) is 23.3. The Morgan fingerprint density at radius 1 is 1.00 bits per heavy atom. The van der Waals surface area contributed by atoms with Crippen molar-refractivity contribution in [3.63, 3.8) is 0 Å². The summed E-state index contributed by atoms with van der Waals surface area (Å²) in [4.78, 5) is 37.9. The lowest BCUT2D eigenvalue weighted by Crippen LogP contribution is -2.23. The van der Waals surface area contributed by atoms with Crippen LogP contribution in [-0.4, -0.2) is 53.2 Å². The molecule has 0 spiro atoms. The van der Waals surface area contributed by atoms with Crippen molar-refractivity contribution in [1.29, 1.82) is 0 Å². The number of rotatable bonds is 7. The van der Waals surface area contributed by atoms with E-state index in [1.165, 1.54) is 11.1 Å². The molecule has 0 unspecified atom stereocenters. The molecule has 166 valence electrons. The van der Waals surface area contributed by atoms with Crippen LogP contribution in [0.5, 0.6) is 0 Å². The summed E-state index contributed by atoms with van der Waals surface area (Å²) in [5.74, 6) is -0.691. The number of amides is 2. The van der Waals surface area contributed by atoms with Crippen molar-refractivity contribution in [3.8, 4) is 5.69 Å². The number of ether oxygens (including phenoxy) is 1. The van der Waals surface area contributed by atoms with Crippen LogP contribution in [0.3, 0.4) is 0 Å². The lowest BCUT2D eigenvalue weighted by atomic mass is 10.1. The van der Waals surface area contributed by atoms with Crippen molar-refractivity contribution < 1.29 is 19.1 Å². The molecule has 0 saturated heterocycles. The Bertz CT molecular complexity index is 1120. The number of hydrogen-bond donors (Lipinski definition) is 1. The van der Waals surface area contributed by atoms with Crippen molar-refractivity contribution in [2.24, 2.45) is 0 Å². The van der Waals surface area contributed by atoms with Gasteiger partial charge in [-0.05, 0) is 55.8 Å². The molecule has 0 aliphatic rings. The fourth-order valence-corrected chi connectivity index (χ4v) is 3.14. The van der Waals surface area contributed by atoms with Crippen LogP contribution in [0.1, 0.15) is 49.3 Å². The molecule has 1 aromatic heterocycles. The third kappa shape index (κ3) is 5.03. The summed E-state index contributed by atoms with van der Waals surface area (Å²) in [5, 5.41) is 7.13. The van der Waals surface area contributed by atoms with Crippen LogP contribution in [0.25, 0.3) is 5.69 Å². The Kier molecular flexibility index (Phi) is 7.04. The number of nitrogens with one attached hydrogen (secondary N) is 1. The lowest BCUT2D eigenvalue weighted by Gasteiger charge is -2.11. The average molecular weight is 434 g/mol. The van der Waals surface area contributed by atoms with Gasteiger partial charge in [0, 0.05) is 31.8 Å². The minimum absolute atomic E-state index is 0.0672. The van der Waals surface area contributed by atoms with Gasteiger partial charge >= 0.3 is 5.97 Å². The maximum atomic E-state index is 12.5. The predicted molar refractivity (Wildman–Crippen MR) is 120 cm³/mol. The number of hydrogen-bond acceptors (Lipinski definition) is 5. The zero-order valence-corrected chi connectivity index (χ0v) is 18.6. The third-order valence-corrected chi connectivity index (χ3v) is 4.94. The Labute approximate surface area is 186 Å². The van der Waals surface area contributed by atoms with Crippen molar-refractivity contribution in [3.05, 3.63) is 82.7 Å². The van der Waals surface area contributed by atoms with E-state index in [1.807, 2.05) is 12.1 Å². The highest BCUT2D eigenvalue weighted by Crippen LogP contribution is 2.16. The fraction of sp³-hybridized carbons (Fsp3) is 0.250. The summed E-state index contributed by atoms with van der Waals surface area (Å²) in [6.45, 7) is 4.18. The van der Waals surface area contributed by atoms with E-state index < -0.39 is 5.97 Å². The Morgan fingerprint density at radius 3 is 2.22 bits per heavy atom. The maximum absolute atomic E-state index is 12.5. The first-order chi connectivity index (χ1) is 15.3. The van der Waals surface area contributed by atoms with Crippen LogP contribution in [0.15, 0.2) is 54.7 Å². The van der Waals surface area contributed by atoms with Crippen molar-refractivity contribution in [2.75, 3.05) is 20.7 Å². The number of nitrogens with zero attached hydrogens (tertiary/aromatic N) is 3. The first kappa shape index (κ1) is 22.7. The number of carbonyl (C=O) groups excluding carboxylic acids is 3. The summed E-state index contributed by atoms with van der Waals surface area (Å²) in [6.07, 6.45) is 1.48. The number of carbonyl (C=O) groups is 3. The largest absolute Gasteiger partial charge is 0.462 e. The van der Waals surface area contributed by atoms with Gasteiger partial charge in [0.2, 0.25) is 0 Å². The smallest absolute Gasteiger partial charge is 0.341 e. The minimum Gasteiger partial charge on any atom is -0.462 e. The molecule has 3 rings (SSSR count). The molecule has 2 amide bonds. The van der Waals surface area contributed by atoms with Gasteiger partial charge in [-0.1, -0.05) is 12.1 Å². The highest BCUT2D eigenvalue weighted by Gasteiger charge is 2.16. The molecule has 1 N–H and O–H groups in total. The highest BCUT2D eigenvalue weighted by atomic mass is 16.5. The van der Waals surface area contributed by atoms with Gasteiger partial charge in [0.25, 0.3) is 11.8 Å². The Balaban J connectivity index is 1.63. The van der Waals surface area contributed by atoms with Gasteiger partial charge in [0.15, 0.2) is 0 Å². The summed E-state index contributed by atoms with van der Waals surface area (Å²) in [7, 11) is 3.41. The van der Waals surface area contributed by atoms with Crippen LogP contribution in [-0.2, 0) is 11.3 Å². The van der Waals surface area contributed by atoms with Crippen molar-refractivity contribution in [2.45, 2.75) is 20.4 Å². The first-order valence-corrected chi connectivity index (χ1v) is 10.2. The summed E-state index contributed by atoms with van der Waals surface area (Å²) >= 11 is 0. The molecule has 8 heteroatoms. The topological polar surface area (TPSA) is 93.5 Å². The Morgan fingerprint density at radius 2 is 1.62 bits per heavy atom. The highest BCUT2D eigenvalue weighted by molar-refractivity contribution is 5.95. The Hall–Kier alpha value is -3.94. The normalized spacial score (nSPS) is 10.5. The van der Waals surface area contributed by atoms with Crippen molar-refractivity contribution in [1.82, 2.24) is 20.0 Å². The van der Waals surface area contributed by atoms with E-state index in [4.69, 9.17) is 4.74 Å². The molecule has 0 aliphatic carbocycles. The maximum Gasteiger partial charge on any atom is 0.341 e. The summed E-state index contributed by atoms with van der Waals surface area (Å²) in [5.41, 5.74) is 3.80. The van der Waals surface area contributed by atoms with Gasteiger partial charge in [0.05, 0.1) is 24.2 Å². The summed E-state index contributed by atoms with van der Waals surface area (Å²) < 4.78 is 6.67. The van der Waals surface area contributed by atoms with E-state index in [0.29, 0.717) is 35.5 Å². The van der Waals surface area contributed by atoms with Gasteiger partial charge in [-0.2, -0.15) is 5.10 Å². The second kappa shape index (κ2) is 9.91. The average Bonchev–Trinajstić information content (AvgIpc) is 3.19. The lowest BCUT2D eigenvalue weighted by molar-refractivity contribution is 0.0525. The molecule has 0 atom stereocenters. The minimum atomic E-state index is -0.411. The molecule has 0 aliphatic heterocycles. The molecule has 2 aromatic carbocycles. The van der Waals surface area contributed by atoms with Gasteiger partial charge in [-0.3, -0.25) is 9.59 Å². The van der Waals surface area contributed by atoms with Crippen LogP contribution >= 0.6 is 0 Å². The van der Waals surface area contributed by atoms with Crippen molar-refractivity contribution >= 4 is 17.8 Å². The molecule has 8 nitrogen and oxygen atoms in total. The van der Waals surface area contributed by atoms with Crippen LogP contribution in [0.4, 0.5) is 0 Å². The zero-order valence-electron chi connectivity index (χ0n) is 18.6. The fourth-order valence-electron chi connectivity index (χ4n) is 3.14. The molecule has 0 radical (unpaired) electrons. The molecular formula is C24H26N4O4. The quantitative estimate of drug-likeness (QED) is 0.577. The van der Waals surface area contributed by atoms with Crippen LogP contribution in [0.2, 0.25) is 0 Å². The van der Waals surface area contributed by atoms with E-state index in [9.17, 15) is 14.4 Å². The van der Waals surface area contributed by atoms with E-state index in [2.05, 4.69) is 10.4 Å². The number of benzene rings is 2. The predicted octanol–water partition coefficient (Wildman–Crippen LogP) is 2.99. The van der Waals surface area contributed by atoms with Gasteiger partial charge in [-0.25, -0.2) is 9.48 Å². The van der Waals surface area contributed by atoms with E-state index >= 15 is 0 Å².